The Balaban J connectivity index is 2.61. The maximum Gasteiger partial charge on any atom is 0.228 e. The second kappa shape index (κ2) is 4.38. The SMILES string of the molecule is CC(C)C(=O)NC1=CN=C=CC=N1. The van der Waals surface area contributed by atoms with Crippen LogP contribution in [0.25, 0.3) is 0 Å². The number of hydrogen-bond acceptors (Lipinski definition) is 3. The van der Waals surface area contributed by atoms with Crippen molar-refractivity contribution in [2.75, 3.05) is 0 Å². The van der Waals surface area contributed by atoms with Crippen LogP contribution in [-0.2, 0) is 4.79 Å². The third-order valence-corrected chi connectivity index (χ3v) is 1.40. The molecular formula is C9H11N3O. The van der Waals surface area contributed by atoms with E-state index in [4.69, 9.17) is 0 Å². The number of hydrogen-bond donors (Lipinski definition) is 1. The van der Waals surface area contributed by atoms with Crippen molar-refractivity contribution in [1.82, 2.24) is 5.32 Å². The predicted molar refractivity (Wildman–Crippen MR) is 51.6 cm³/mol. The van der Waals surface area contributed by atoms with E-state index in [0.717, 1.165) is 0 Å². The van der Waals surface area contributed by atoms with Crippen LogP contribution in [0.1, 0.15) is 13.8 Å². The lowest BCUT2D eigenvalue weighted by molar-refractivity contribution is -0.123. The Kier molecular flexibility index (Phi) is 3.17. The first-order valence-electron chi connectivity index (χ1n) is 4.02. The van der Waals surface area contributed by atoms with Crippen molar-refractivity contribution in [3.63, 3.8) is 0 Å². The number of rotatable bonds is 2. The molecule has 1 aliphatic rings. The van der Waals surface area contributed by atoms with Gasteiger partial charge in [0.05, 0.1) is 6.20 Å². The molecule has 1 amide bonds. The zero-order chi connectivity index (χ0) is 9.68. The van der Waals surface area contributed by atoms with Crippen molar-refractivity contribution in [1.29, 1.82) is 0 Å². The second-order valence-electron chi connectivity index (χ2n) is 2.86. The van der Waals surface area contributed by atoms with Gasteiger partial charge in [0.2, 0.25) is 5.91 Å². The minimum absolute atomic E-state index is 0.0590. The van der Waals surface area contributed by atoms with Gasteiger partial charge in [0.15, 0.2) is 5.82 Å². The van der Waals surface area contributed by atoms with Gasteiger partial charge in [-0.05, 0) is 5.87 Å². The minimum Gasteiger partial charge on any atom is -0.309 e. The highest BCUT2D eigenvalue weighted by molar-refractivity contribution is 5.85. The molecule has 0 atom stereocenters. The summed E-state index contributed by atoms with van der Waals surface area (Å²) >= 11 is 0. The Hall–Kier alpha value is -1.67. The monoisotopic (exact) mass is 177 g/mol. The van der Waals surface area contributed by atoms with Crippen LogP contribution in [0.5, 0.6) is 0 Å². The van der Waals surface area contributed by atoms with Gasteiger partial charge in [-0.1, -0.05) is 13.8 Å². The normalized spacial score (nSPS) is 14.2. The molecule has 68 valence electrons. The Morgan fingerprint density at radius 3 is 3.08 bits per heavy atom. The summed E-state index contributed by atoms with van der Waals surface area (Å²) in [4.78, 5) is 18.9. The van der Waals surface area contributed by atoms with Gasteiger partial charge < -0.3 is 5.32 Å². The van der Waals surface area contributed by atoms with E-state index in [0.29, 0.717) is 5.82 Å². The standard InChI is InChI=1S/C9H11N3O/c1-7(2)9(13)12-8-6-10-4-3-5-11-8/h3,5-7H,1-2H3,(H,12,13). The van der Waals surface area contributed by atoms with Crippen LogP contribution >= 0.6 is 0 Å². The van der Waals surface area contributed by atoms with E-state index >= 15 is 0 Å². The summed E-state index contributed by atoms with van der Waals surface area (Å²) < 4.78 is 0. The molecule has 1 heterocycles. The summed E-state index contributed by atoms with van der Waals surface area (Å²) in [5, 5.41) is 2.63. The zero-order valence-corrected chi connectivity index (χ0v) is 7.61. The Morgan fingerprint density at radius 1 is 1.62 bits per heavy atom. The van der Waals surface area contributed by atoms with Gasteiger partial charge in [-0.15, -0.1) is 0 Å². The maximum atomic E-state index is 11.2. The zero-order valence-electron chi connectivity index (χ0n) is 7.61. The third-order valence-electron chi connectivity index (χ3n) is 1.40. The molecule has 1 aliphatic heterocycles. The lowest BCUT2D eigenvalue weighted by Gasteiger charge is -2.05. The summed E-state index contributed by atoms with van der Waals surface area (Å²) in [6.07, 6.45) is 4.56. The fraction of sp³-hybridized carbons (Fsp3) is 0.333. The van der Waals surface area contributed by atoms with Crippen molar-refractivity contribution in [2.45, 2.75) is 13.8 Å². The molecule has 0 saturated carbocycles. The van der Waals surface area contributed by atoms with E-state index in [2.05, 4.69) is 21.2 Å². The number of carbonyl (C=O) groups excluding carboxylic acids is 1. The molecule has 0 aromatic heterocycles. The Bertz CT molecular complexity index is 320. The fourth-order valence-corrected chi connectivity index (χ4v) is 0.661. The molecule has 0 unspecified atom stereocenters. The van der Waals surface area contributed by atoms with E-state index in [1.165, 1.54) is 12.4 Å². The lowest BCUT2D eigenvalue weighted by atomic mass is 10.2. The highest BCUT2D eigenvalue weighted by Gasteiger charge is 2.07. The van der Waals surface area contributed by atoms with E-state index in [1.807, 2.05) is 13.8 Å². The van der Waals surface area contributed by atoms with Crippen LogP contribution in [0.15, 0.2) is 28.1 Å². The molecule has 0 saturated heterocycles. The average molecular weight is 177 g/mol. The molecule has 0 fully saturated rings. The molecule has 0 aliphatic carbocycles. The van der Waals surface area contributed by atoms with Crippen molar-refractivity contribution in [3.05, 3.63) is 18.1 Å². The van der Waals surface area contributed by atoms with Crippen LogP contribution in [0.4, 0.5) is 0 Å². The number of aliphatic imine (C=N–C) groups is 2. The number of carbonyl (C=O) groups is 1. The van der Waals surface area contributed by atoms with Crippen LogP contribution in [-0.4, -0.2) is 18.0 Å². The number of nitrogens with one attached hydrogen (secondary N) is 1. The second-order valence-corrected chi connectivity index (χ2v) is 2.86. The van der Waals surface area contributed by atoms with Gasteiger partial charge in [-0.25, -0.2) is 9.98 Å². The highest BCUT2D eigenvalue weighted by atomic mass is 16.1. The number of allylic oxidation sites excluding steroid dienone is 1. The molecule has 13 heavy (non-hydrogen) atoms. The van der Waals surface area contributed by atoms with E-state index in [1.54, 1.807) is 6.08 Å². The van der Waals surface area contributed by atoms with Crippen LogP contribution in [0, 0.1) is 5.92 Å². The molecule has 0 radical (unpaired) electrons. The molecule has 4 nitrogen and oxygen atoms in total. The fourth-order valence-electron chi connectivity index (χ4n) is 0.661. The van der Waals surface area contributed by atoms with Crippen molar-refractivity contribution in [3.8, 4) is 0 Å². The van der Waals surface area contributed by atoms with E-state index in [9.17, 15) is 4.79 Å². The first-order valence-corrected chi connectivity index (χ1v) is 4.02. The molecule has 4 heteroatoms. The van der Waals surface area contributed by atoms with E-state index < -0.39 is 0 Å². The summed E-state index contributed by atoms with van der Waals surface area (Å²) in [6, 6.07) is 0. The van der Waals surface area contributed by atoms with Crippen molar-refractivity contribution >= 4 is 18.0 Å². The largest absolute Gasteiger partial charge is 0.309 e. The minimum atomic E-state index is -0.0690. The summed E-state index contributed by atoms with van der Waals surface area (Å²) in [5.74, 6) is 2.92. The summed E-state index contributed by atoms with van der Waals surface area (Å²) in [6.45, 7) is 3.63. The molecule has 1 N–H and O–H groups in total. The maximum absolute atomic E-state index is 11.2. The predicted octanol–water partition coefficient (Wildman–Crippen LogP) is 0.868. The number of nitrogens with zero attached hydrogens (tertiary/aromatic N) is 2. The smallest absolute Gasteiger partial charge is 0.228 e. The van der Waals surface area contributed by atoms with Gasteiger partial charge in [0.1, 0.15) is 0 Å². The third kappa shape index (κ3) is 3.05. The Morgan fingerprint density at radius 2 is 2.38 bits per heavy atom. The quantitative estimate of drug-likeness (QED) is 0.668. The van der Waals surface area contributed by atoms with Crippen LogP contribution in [0.3, 0.4) is 0 Å². The van der Waals surface area contributed by atoms with Gasteiger partial charge in [0, 0.05) is 18.2 Å². The molecular weight excluding hydrogens is 166 g/mol. The average Bonchev–Trinajstić information content (AvgIpc) is 2.32. The topological polar surface area (TPSA) is 53.8 Å². The summed E-state index contributed by atoms with van der Waals surface area (Å²) in [5.41, 5.74) is 0. The first kappa shape index (κ1) is 9.42. The van der Waals surface area contributed by atoms with Crippen molar-refractivity contribution in [2.24, 2.45) is 15.9 Å². The highest BCUT2D eigenvalue weighted by Crippen LogP contribution is 1.97. The Labute approximate surface area is 76.8 Å². The molecule has 0 aromatic rings. The van der Waals surface area contributed by atoms with Gasteiger partial charge in [-0.3, -0.25) is 4.79 Å². The molecule has 0 bridgehead atoms. The van der Waals surface area contributed by atoms with Gasteiger partial charge in [0.25, 0.3) is 0 Å². The molecule has 0 aromatic carbocycles. The van der Waals surface area contributed by atoms with E-state index in [-0.39, 0.29) is 11.8 Å². The van der Waals surface area contributed by atoms with Crippen LogP contribution < -0.4 is 5.32 Å². The number of amides is 1. The van der Waals surface area contributed by atoms with Crippen molar-refractivity contribution < 1.29 is 4.79 Å². The summed E-state index contributed by atoms with van der Waals surface area (Å²) in [7, 11) is 0. The van der Waals surface area contributed by atoms with Crippen LogP contribution in [0.2, 0.25) is 0 Å². The van der Waals surface area contributed by atoms with Gasteiger partial charge >= 0.3 is 0 Å². The molecule has 0 spiro atoms. The van der Waals surface area contributed by atoms with Gasteiger partial charge in [-0.2, -0.15) is 0 Å². The molecule has 1 rings (SSSR count). The first-order chi connectivity index (χ1) is 6.20. The lowest BCUT2D eigenvalue weighted by Crippen LogP contribution is -2.26.